The predicted molar refractivity (Wildman–Crippen MR) is 111 cm³/mol. The van der Waals surface area contributed by atoms with Gasteiger partial charge in [0.15, 0.2) is 5.96 Å². The second kappa shape index (κ2) is 9.55. The number of piperazine rings is 1. The lowest BCUT2D eigenvalue weighted by molar-refractivity contribution is 0.315. The molecule has 0 atom stereocenters. The summed E-state index contributed by atoms with van der Waals surface area (Å²) in [4.78, 5) is 13.6. The Kier molecular flexibility index (Phi) is 6.86. The third-order valence-corrected chi connectivity index (χ3v) is 5.29. The fraction of sp³-hybridized carbons (Fsp3) is 0.526. The van der Waals surface area contributed by atoms with Crippen molar-refractivity contribution < 1.29 is 4.74 Å². The number of aliphatic imine (C=N–C) groups is 1. The predicted octanol–water partition coefficient (Wildman–Crippen LogP) is 2.19. The minimum absolute atomic E-state index is 0.604. The van der Waals surface area contributed by atoms with Crippen LogP contribution in [0.25, 0.3) is 0 Å². The largest absolute Gasteiger partial charge is 0.492 e. The van der Waals surface area contributed by atoms with Crippen molar-refractivity contribution in [2.75, 3.05) is 51.3 Å². The van der Waals surface area contributed by atoms with Crippen molar-refractivity contribution in [1.29, 1.82) is 0 Å². The quantitative estimate of drug-likeness (QED) is 0.465. The number of nitrogens with zero attached hydrogens (tertiary/aromatic N) is 5. The number of hydrogen-bond donors (Lipinski definition) is 1. The number of ether oxygens (including phenoxy) is 1. The Morgan fingerprint density at radius 3 is 2.78 bits per heavy atom. The molecule has 7 nitrogen and oxygen atoms in total. The van der Waals surface area contributed by atoms with Crippen molar-refractivity contribution in [2.24, 2.45) is 4.99 Å². The fourth-order valence-corrected chi connectivity index (χ4v) is 3.80. The monoisotopic (exact) mass is 388 g/mol. The third kappa shape index (κ3) is 5.32. The lowest BCUT2D eigenvalue weighted by Crippen LogP contribution is -2.53. The third-order valence-electron chi connectivity index (χ3n) is 4.48. The van der Waals surface area contributed by atoms with E-state index in [0.717, 1.165) is 61.8 Å². The first-order chi connectivity index (χ1) is 13.2. The maximum Gasteiger partial charge on any atom is 0.205 e. The molecule has 1 fully saturated rings. The smallest absolute Gasteiger partial charge is 0.205 e. The average Bonchev–Trinajstić information content (AvgIpc) is 3.18. The molecular weight excluding hydrogens is 360 g/mol. The van der Waals surface area contributed by atoms with Gasteiger partial charge in [-0.25, -0.2) is 4.98 Å². The molecule has 1 aliphatic rings. The van der Waals surface area contributed by atoms with Crippen LogP contribution in [0.3, 0.4) is 0 Å². The highest BCUT2D eigenvalue weighted by Crippen LogP contribution is 2.19. The number of nitrogens with one attached hydrogen (secondary N) is 1. The first kappa shape index (κ1) is 19.4. The molecule has 0 bridgehead atoms. The van der Waals surface area contributed by atoms with Gasteiger partial charge in [0.1, 0.15) is 18.2 Å². The van der Waals surface area contributed by atoms with Crippen molar-refractivity contribution in [2.45, 2.75) is 20.3 Å². The van der Waals surface area contributed by atoms with Gasteiger partial charge < -0.3 is 19.9 Å². The van der Waals surface area contributed by atoms with Crippen LogP contribution in [0.5, 0.6) is 5.75 Å². The molecule has 2 aromatic rings. The molecule has 0 unspecified atom stereocenters. The summed E-state index contributed by atoms with van der Waals surface area (Å²) in [5, 5.41) is 4.43. The summed E-state index contributed by atoms with van der Waals surface area (Å²) >= 11 is 1.50. The summed E-state index contributed by atoms with van der Waals surface area (Å²) in [6, 6.07) is 8.11. The van der Waals surface area contributed by atoms with Gasteiger partial charge >= 0.3 is 0 Å². The highest BCUT2D eigenvalue weighted by atomic mass is 32.1. The maximum atomic E-state index is 5.80. The number of aromatic nitrogens is 2. The van der Waals surface area contributed by atoms with E-state index in [1.54, 1.807) is 0 Å². The van der Waals surface area contributed by atoms with Crippen LogP contribution in [0.15, 0.2) is 29.3 Å². The molecule has 1 aromatic heterocycles. The van der Waals surface area contributed by atoms with E-state index in [0.29, 0.717) is 6.61 Å². The summed E-state index contributed by atoms with van der Waals surface area (Å²) in [6.07, 6.45) is 0.887. The summed E-state index contributed by atoms with van der Waals surface area (Å²) in [6.45, 7) is 9.17. The van der Waals surface area contributed by atoms with Gasteiger partial charge in [-0.1, -0.05) is 19.1 Å². The Labute approximate surface area is 165 Å². The molecule has 0 amide bonds. The van der Waals surface area contributed by atoms with E-state index < -0.39 is 0 Å². The highest BCUT2D eigenvalue weighted by molar-refractivity contribution is 7.09. The Balaban J connectivity index is 1.42. The lowest BCUT2D eigenvalue weighted by atomic mass is 10.2. The topological polar surface area (TPSA) is 65.9 Å². The van der Waals surface area contributed by atoms with Crippen molar-refractivity contribution in [3.63, 3.8) is 0 Å². The summed E-state index contributed by atoms with van der Waals surface area (Å²) in [5.41, 5.74) is 1.20. The van der Waals surface area contributed by atoms with Crippen molar-refractivity contribution >= 4 is 22.6 Å². The van der Waals surface area contributed by atoms with Crippen molar-refractivity contribution in [1.82, 2.24) is 19.6 Å². The van der Waals surface area contributed by atoms with Crippen LogP contribution in [-0.4, -0.2) is 66.6 Å². The molecule has 1 aromatic carbocycles. The molecule has 1 saturated heterocycles. The van der Waals surface area contributed by atoms with E-state index in [1.807, 2.05) is 25.2 Å². The molecule has 3 rings (SSSR count). The van der Waals surface area contributed by atoms with Crippen molar-refractivity contribution in [3.05, 3.63) is 35.7 Å². The van der Waals surface area contributed by atoms with E-state index >= 15 is 0 Å². The van der Waals surface area contributed by atoms with Crippen LogP contribution in [-0.2, 0) is 6.42 Å². The van der Waals surface area contributed by atoms with Gasteiger partial charge in [0.25, 0.3) is 0 Å². The van der Waals surface area contributed by atoms with Gasteiger partial charge in [0.2, 0.25) is 5.13 Å². The summed E-state index contributed by atoms with van der Waals surface area (Å²) in [7, 11) is 1.83. The Bertz CT molecular complexity index is 754. The number of aryl methyl sites for hydroxylation is 2. The van der Waals surface area contributed by atoms with Crippen LogP contribution in [0, 0.1) is 6.92 Å². The first-order valence-electron chi connectivity index (χ1n) is 9.42. The number of anilines is 1. The molecule has 0 saturated carbocycles. The zero-order valence-corrected chi connectivity index (χ0v) is 17.1. The molecular formula is C19H28N6OS. The first-order valence-corrected chi connectivity index (χ1v) is 10.2. The lowest BCUT2D eigenvalue weighted by Gasteiger charge is -2.36. The molecule has 1 aliphatic heterocycles. The van der Waals surface area contributed by atoms with Crippen molar-refractivity contribution in [3.8, 4) is 5.75 Å². The molecule has 0 spiro atoms. The average molecular weight is 389 g/mol. The fourth-order valence-electron chi connectivity index (χ4n) is 3.00. The van der Waals surface area contributed by atoms with E-state index in [-0.39, 0.29) is 0 Å². The van der Waals surface area contributed by atoms with Gasteiger partial charge in [0.05, 0.1) is 6.54 Å². The van der Waals surface area contributed by atoms with E-state index in [4.69, 9.17) is 4.74 Å². The minimum atomic E-state index is 0.604. The molecule has 1 N–H and O–H groups in total. The molecule has 2 heterocycles. The highest BCUT2D eigenvalue weighted by Gasteiger charge is 2.21. The van der Waals surface area contributed by atoms with E-state index in [9.17, 15) is 0 Å². The van der Waals surface area contributed by atoms with E-state index in [2.05, 4.69) is 49.4 Å². The summed E-state index contributed by atoms with van der Waals surface area (Å²) < 4.78 is 10.2. The van der Waals surface area contributed by atoms with Crippen LogP contribution in [0.1, 0.15) is 18.3 Å². The van der Waals surface area contributed by atoms with Crippen LogP contribution in [0.4, 0.5) is 5.13 Å². The Hall–Kier alpha value is -2.35. The number of hydrogen-bond acceptors (Lipinski definition) is 6. The molecule has 146 valence electrons. The zero-order chi connectivity index (χ0) is 19.1. The second-order valence-corrected chi connectivity index (χ2v) is 7.19. The standard InChI is InChI=1S/C19H28N6OS/c1-4-17-22-19(27-23-17)25-11-9-24(10-12-25)18(20-3)21-8-13-26-16-7-5-6-15(2)14-16/h5-7,14H,4,8-13H2,1-3H3,(H,20,21). The van der Waals surface area contributed by atoms with Gasteiger partial charge in [0, 0.05) is 51.2 Å². The molecule has 0 radical (unpaired) electrons. The second-order valence-electron chi connectivity index (χ2n) is 6.46. The number of rotatable bonds is 6. The van der Waals surface area contributed by atoms with Gasteiger partial charge in [-0.15, -0.1) is 0 Å². The maximum absolute atomic E-state index is 5.80. The molecule has 0 aliphatic carbocycles. The number of benzene rings is 1. The van der Waals surface area contributed by atoms with E-state index in [1.165, 1.54) is 17.1 Å². The van der Waals surface area contributed by atoms with Crippen LogP contribution >= 0.6 is 11.5 Å². The minimum Gasteiger partial charge on any atom is -0.492 e. The Morgan fingerprint density at radius 2 is 2.11 bits per heavy atom. The van der Waals surface area contributed by atoms with Gasteiger partial charge in [-0.2, -0.15) is 4.37 Å². The Morgan fingerprint density at radius 1 is 1.30 bits per heavy atom. The molecule has 27 heavy (non-hydrogen) atoms. The number of guanidine groups is 1. The molecule has 8 heteroatoms. The SMILES string of the molecule is CCc1nsc(N2CCN(C(=NC)NCCOc3cccc(C)c3)CC2)n1. The van der Waals surface area contributed by atoms with Gasteiger partial charge in [-0.3, -0.25) is 4.99 Å². The summed E-state index contributed by atoms with van der Waals surface area (Å²) in [5.74, 6) is 2.77. The van der Waals surface area contributed by atoms with Gasteiger partial charge in [-0.05, 0) is 24.6 Å². The van der Waals surface area contributed by atoms with Crippen LogP contribution in [0.2, 0.25) is 0 Å². The zero-order valence-electron chi connectivity index (χ0n) is 16.3. The normalized spacial score (nSPS) is 15.1. The van der Waals surface area contributed by atoms with Crippen LogP contribution < -0.4 is 15.0 Å².